The highest BCUT2D eigenvalue weighted by Crippen LogP contribution is 2.28. The first-order chi connectivity index (χ1) is 8.25. The Bertz CT molecular complexity index is 253. The number of rotatable bonds is 7. The highest BCUT2D eigenvalue weighted by Gasteiger charge is 2.26. The summed E-state index contributed by atoms with van der Waals surface area (Å²) in [5.74, 6) is 0.0381. The van der Waals surface area contributed by atoms with Crippen LogP contribution >= 0.6 is 0 Å². The van der Waals surface area contributed by atoms with Gasteiger partial charge in [0.2, 0.25) is 0 Å². The molecule has 98 valence electrons. The van der Waals surface area contributed by atoms with E-state index in [0.29, 0.717) is 6.04 Å². The zero-order chi connectivity index (χ0) is 12.1. The maximum absolute atomic E-state index is 10.9. The molecule has 2 atom stereocenters. The highest BCUT2D eigenvalue weighted by atomic mass is 16.5. The number of carboxylic acid groups (broad SMARTS) is 1. The Labute approximate surface area is 103 Å². The van der Waals surface area contributed by atoms with E-state index in [4.69, 9.17) is 9.84 Å². The van der Waals surface area contributed by atoms with Gasteiger partial charge in [-0.1, -0.05) is 6.42 Å². The van der Waals surface area contributed by atoms with Crippen LogP contribution in [-0.4, -0.2) is 36.9 Å². The monoisotopic (exact) mass is 241 g/mol. The molecule has 0 aromatic heterocycles. The van der Waals surface area contributed by atoms with Crippen molar-refractivity contribution in [3.63, 3.8) is 0 Å². The van der Waals surface area contributed by atoms with Crippen LogP contribution in [-0.2, 0) is 9.53 Å². The third-order valence-electron chi connectivity index (χ3n) is 3.75. The molecule has 4 nitrogen and oxygen atoms in total. The van der Waals surface area contributed by atoms with Gasteiger partial charge in [0.1, 0.15) is 0 Å². The van der Waals surface area contributed by atoms with Crippen LogP contribution in [0.5, 0.6) is 0 Å². The topological polar surface area (TPSA) is 58.6 Å². The van der Waals surface area contributed by atoms with Gasteiger partial charge in [-0.05, 0) is 38.0 Å². The lowest BCUT2D eigenvalue weighted by Gasteiger charge is -2.27. The molecule has 0 aromatic rings. The van der Waals surface area contributed by atoms with Crippen LogP contribution in [0.4, 0.5) is 0 Å². The van der Waals surface area contributed by atoms with E-state index >= 15 is 0 Å². The Balaban J connectivity index is 1.53. The number of carboxylic acids is 1. The Morgan fingerprint density at radius 2 is 2.12 bits per heavy atom. The second-order valence-corrected chi connectivity index (χ2v) is 5.37. The second-order valence-electron chi connectivity index (χ2n) is 5.37. The van der Waals surface area contributed by atoms with E-state index in [9.17, 15) is 4.79 Å². The van der Waals surface area contributed by atoms with Crippen molar-refractivity contribution < 1.29 is 14.6 Å². The van der Waals surface area contributed by atoms with Crippen LogP contribution in [0, 0.1) is 11.8 Å². The van der Waals surface area contributed by atoms with Gasteiger partial charge in [0, 0.05) is 19.2 Å². The zero-order valence-electron chi connectivity index (χ0n) is 10.4. The molecule has 2 fully saturated rings. The van der Waals surface area contributed by atoms with Crippen LogP contribution < -0.4 is 5.32 Å². The maximum atomic E-state index is 10.9. The fourth-order valence-electron chi connectivity index (χ4n) is 2.47. The Morgan fingerprint density at radius 3 is 2.82 bits per heavy atom. The molecule has 4 heteroatoms. The van der Waals surface area contributed by atoms with Gasteiger partial charge in [0.25, 0.3) is 0 Å². The minimum absolute atomic E-state index is 0.145. The second kappa shape index (κ2) is 6.36. The fraction of sp³-hybridized carbons (Fsp3) is 0.923. The lowest BCUT2D eigenvalue weighted by molar-refractivity contribution is -0.143. The summed E-state index contributed by atoms with van der Waals surface area (Å²) in [5.41, 5.74) is 0. The molecule has 2 rings (SSSR count). The molecule has 17 heavy (non-hydrogen) atoms. The van der Waals surface area contributed by atoms with Crippen molar-refractivity contribution in [3.05, 3.63) is 0 Å². The fourth-order valence-corrected chi connectivity index (χ4v) is 2.47. The number of aliphatic carboxylic acids is 1. The zero-order valence-corrected chi connectivity index (χ0v) is 10.4. The average molecular weight is 241 g/mol. The van der Waals surface area contributed by atoms with E-state index in [-0.39, 0.29) is 5.92 Å². The lowest BCUT2D eigenvalue weighted by atomic mass is 9.86. The number of hydrogen-bond acceptors (Lipinski definition) is 3. The van der Waals surface area contributed by atoms with E-state index < -0.39 is 5.97 Å². The van der Waals surface area contributed by atoms with Crippen LogP contribution in [0.2, 0.25) is 0 Å². The highest BCUT2D eigenvalue weighted by molar-refractivity contribution is 5.70. The number of carbonyl (C=O) groups is 1. The summed E-state index contributed by atoms with van der Waals surface area (Å²) in [6.45, 7) is 2.51. The Kier molecular flexibility index (Phi) is 4.80. The van der Waals surface area contributed by atoms with Gasteiger partial charge < -0.3 is 15.2 Å². The maximum Gasteiger partial charge on any atom is 0.306 e. The van der Waals surface area contributed by atoms with Crippen molar-refractivity contribution in [2.24, 2.45) is 11.8 Å². The van der Waals surface area contributed by atoms with E-state index in [0.717, 1.165) is 51.4 Å². The molecule has 0 spiro atoms. The molecule has 0 amide bonds. The van der Waals surface area contributed by atoms with Gasteiger partial charge in [0.05, 0.1) is 12.5 Å². The molecular weight excluding hydrogens is 218 g/mol. The van der Waals surface area contributed by atoms with Gasteiger partial charge in [-0.3, -0.25) is 4.79 Å². The van der Waals surface area contributed by atoms with Gasteiger partial charge >= 0.3 is 5.97 Å². The van der Waals surface area contributed by atoms with Crippen LogP contribution in [0.25, 0.3) is 0 Å². The smallest absolute Gasteiger partial charge is 0.306 e. The van der Waals surface area contributed by atoms with E-state index in [2.05, 4.69) is 5.32 Å². The number of hydrogen-bond donors (Lipinski definition) is 2. The molecule has 2 N–H and O–H groups in total. The first-order valence-corrected chi connectivity index (χ1v) is 6.79. The number of ether oxygens (including phenoxy) is 1. The van der Waals surface area contributed by atoms with Crippen molar-refractivity contribution in [1.29, 1.82) is 0 Å². The summed E-state index contributed by atoms with van der Waals surface area (Å²) >= 11 is 0. The molecule has 2 aliphatic rings. The average Bonchev–Trinajstić information content (AvgIpc) is 3.13. The Hall–Kier alpha value is -0.610. The third kappa shape index (κ3) is 4.64. The van der Waals surface area contributed by atoms with Crippen molar-refractivity contribution in [2.75, 3.05) is 19.8 Å². The minimum atomic E-state index is -0.638. The molecule has 0 heterocycles. The molecule has 2 saturated carbocycles. The summed E-state index contributed by atoms with van der Waals surface area (Å²) in [4.78, 5) is 10.9. The van der Waals surface area contributed by atoms with E-state index in [1.165, 1.54) is 12.8 Å². The first-order valence-electron chi connectivity index (χ1n) is 6.79. The van der Waals surface area contributed by atoms with Crippen LogP contribution in [0.3, 0.4) is 0 Å². The minimum Gasteiger partial charge on any atom is -0.481 e. The summed E-state index contributed by atoms with van der Waals surface area (Å²) in [7, 11) is 0. The normalized spacial score (nSPS) is 29.2. The summed E-state index contributed by atoms with van der Waals surface area (Å²) in [6.07, 6.45) is 6.40. The van der Waals surface area contributed by atoms with Crippen LogP contribution in [0.15, 0.2) is 0 Å². The summed E-state index contributed by atoms with van der Waals surface area (Å²) < 4.78 is 5.54. The SMILES string of the molecule is O=C(O)C1CCCC(NCCOCC2CC2)C1. The van der Waals surface area contributed by atoms with Gasteiger partial charge in [0.15, 0.2) is 0 Å². The summed E-state index contributed by atoms with van der Waals surface area (Å²) in [5, 5.41) is 12.4. The summed E-state index contributed by atoms with van der Waals surface area (Å²) in [6, 6.07) is 0.370. The van der Waals surface area contributed by atoms with Crippen molar-refractivity contribution in [3.8, 4) is 0 Å². The molecule has 2 aliphatic carbocycles. The predicted molar refractivity (Wildman–Crippen MR) is 64.9 cm³/mol. The molecule has 0 aromatic carbocycles. The molecule has 0 radical (unpaired) electrons. The molecular formula is C13H23NO3. The van der Waals surface area contributed by atoms with Gasteiger partial charge in [-0.25, -0.2) is 0 Å². The third-order valence-corrected chi connectivity index (χ3v) is 3.75. The van der Waals surface area contributed by atoms with Gasteiger partial charge in [-0.2, -0.15) is 0 Å². The largest absolute Gasteiger partial charge is 0.481 e. The van der Waals surface area contributed by atoms with Gasteiger partial charge in [-0.15, -0.1) is 0 Å². The lowest BCUT2D eigenvalue weighted by Crippen LogP contribution is -2.38. The quantitative estimate of drug-likeness (QED) is 0.665. The number of nitrogens with one attached hydrogen (secondary N) is 1. The Morgan fingerprint density at radius 1 is 1.29 bits per heavy atom. The van der Waals surface area contributed by atoms with E-state index in [1.54, 1.807) is 0 Å². The standard InChI is InChI=1S/C13H23NO3/c15-13(16)11-2-1-3-12(8-11)14-6-7-17-9-10-4-5-10/h10-12,14H,1-9H2,(H,15,16). The van der Waals surface area contributed by atoms with Crippen LogP contribution in [0.1, 0.15) is 38.5 Å². The van der Waals surface area contributed by atoms with Crippen molar-refractivity contribution in [1.82, 2.24) is 5.32 Å². The molecule has 2 unspecified atom stereocenters. The molecule has 0 bridgehead atoms. The molecule has 0 saturated heterocycles. The van der Waals surface area contributed by atoms with Crippen molar-refractivity contribution in [2.45, 2.75) is 44.6 Å². The first kappa shape index (κ1) is 12.8. The van der Waals surface area contributed by atoms with Crippen molar-refractivity contribution >= 4 is 5.97 Å². The molecule has 0 aliphatic heterocycles. The predicted octanol–water partition coefficient (Wildman–Crippen LogP) is 1.65. The van der Waals surface area contributed by atoms with E-state index in [1.807, 2.05) is 0 Å².